The molecule has 1 aliphatic heterocycles. The molecule has 9 nitrogen and oxygen atoms in total. The Labute approximate surface area is 174 Å². The zero-order valence-corrected chi connectivity index (χ0v) is 16.9. The molecule has 4 rings (SSSR count). The van der Waals surface area contributed by atoms with E-state index in [4.69, 9.17) is 11.6 Å². The van der Waals surface area contributed by atoms with E-state index in [9.17, 15) is 18.0 Å². The Kier molecular flexibility index (Phi) is 4.94. The molecule has 2 amide bonds. The number of anilines is 3. The number of rotatable bonds is 4. The number of benzene rings is 2. The van der Waals surface area contributed by atoms with E-state index in [1.807, 2.05) is 0 Å². The highest BCUT2D eigenvalue weighted by molar-refractivity contribution is 7.94. The highest BCUT2D eigenvalue weighted by atomic mass is 35.5. The van der Waals surface area contributed by atoms with Crippen LogP contribution in [0.15, 0.2) is 52.9 Å². The molecule has 0 saturated heterocycles. The molecule has 3 aromatic rings. The van der Waals surface area contributed by atoms with Crippen LogP contribution in [0.3, 0.4) is 0 Å². The molecule has 0 fully saturated rings. The summed E-state index contributed by atoms with van der Waals surface area (Å²) in [5, 5.41) is 13.1. The third-order valence-corrected chi connectivity index (χ3v) is 7.17. The molecule has 2 heterocycles. The van der Waals surface area contributed by atoms with E-state index in [0.29, 0.717) is 33.3 Å². The number of aromatic nitrogens is 2. The van der Waals surface area contributed by atoms with Crippen molar-refractivity contribution < 1.29 is 18.0 Å². The maximum atomic E-state index is 13.0. The van der Waals surface area contributed by atoms with E-state index in [0.717, 1.165) is 4.31 Å². The Morgan fingerprint density at radius 2 is 1.86 bits per heavy atom. The number of carbonyl (C=O) groups excluding carboxylic acids is 2. The first-order valence-corrected chi connectivity index (χ1v) is 10.8. The lowest BCUT2D eigenvalue weighted by atomic mass is 10.2. The first-order valence-electron chi connectivity index (χ1n) is 8.16. The number of amides is 2. The number of nitrogens with zero attached hydrogens (tertiary/aromatic N) is 3. The van der Waals surface area contributed by atoms with Crippen molar-refractivity contribution >= 4 is 61.3 Å². The van der Waals surface area contributed by atoms with Crippen molar-refractivity contribution in [3.63, 3.8) is 0 Å². The van der Waals surface area contributed by atoms with Crippen molar-refractivity contribution in [2.24, 2.45) is 0 Å². The molecule has 0 saturated carbocycles. The van der Waals surface area contributed by atoms with Crippen molar-refractivity contribution in [2.45, 2.75) is 4.34 Å². The maximum absolute atomic E-state index is 13.0. The number of halogens is 1. The second-order valence-electron chi connectivity index (χ2n) is 5.91. The summed E-state index contributed by atoms with van der Waals surface area (Å²) in [4.78, 5) is 24.2. The quantitative estimate of drug-likeness (QED) is 0.590. The second-order valence-corrected chi connectivity index (χ2v) is 9.36. The van der Waals surface area contributed by atoms with Crippen LogP contribution in [-0.4, -0.2) is 37.0 Å². The summed E-state index contributed by atoms with van der Waals surface area (Å²) in [6.07, 6.45) is 0. The molecule has 148 valence electrons. The van der Waals surface area contributed by atoms with Gasteiger partial charge in [-0.3, -0.25) is 19.2 Å². The van der Waals surface area contributed by atoms with Crippen LogP contribution in [0, 0.1) is 0 Å². The minimum atomic E-state index is -4.14. The molecule has 0 radical (unpaired) electrons. The number of para-hydroxylation sites is 2. The predicted molar refractivity (Wildman–Crippen MR) is 109 cm³/mol. The van der Waals surface area contributed by atoms with Crippen LogP contribution in [0.5, 0.6) is 0 Å². The topological polar surface area (TPSA) is 121 Å². The van der Waals surface area contributed by atoms with Crippen molar-refractivity contribution in [2.75, 3.05) is 21.5 Å². The van der Waals surface area contributed by atoms with Crippen LogP contribution in [0.1, 0.15) is 10.4 Å². The molecule has 0 bridgehead atoms. The normalized spacial score (nSPS) is 13.6. The third-order valence-electron chi connectivity index (χ3n) is 3.98. The zero-order chi connectivity index (χ0) is 20.6. The fourth-order valence-corrected chi connectivity index (χ4v) is 5.21. The molecule has 29 heavy (non-hydrogen) atoms. The first kappa shape index (κ1) is 19.3. The standard InChI is InChI=1S/C17H12ClN5O4S2/c18-11-7-5-10(6-8-11)15(25)20-16-21-22-17(28-16)29(26,27)23-9-14(24)19-12-3-1-2-4-13(12)23/h1-8H,9H2,(H,19,24)(H,20,21,25). The number of hydrogen-bond donors (Lipinski definition) is 2. The van der Waals surface area contributed by atoms with Gasteiger partial charge in [-0.25, -0.2) is 0 Å². The van der Waals surface area contributed by atoms with E-state index >= 15 is 0 Å². The summed E-state index contributed by atoms with van der Waals surface area (Å²) in [6, 6.07) is 12.7. The van der Waals surface area contributed by atoms with Gasteiger partial charge in [-0.2, -0.15) is 8.42 Å². The molecule has 1 aliphatic rings. The minimum Gasteiger partial charge on any atom is -0.323 e. The van der Waals surface area contributed by atoms with Gasteiger partial charge in [0.25, 0.3) is 20.3 Å². The van der Waals surface area contributed by atoms with Gasteiger partial charge in [0.1, 0.15) is 6.54 Å². The average Bonchev–Trinajstić information content (AvgIpc) is 3.17. The molecule has 2 aromatic carbocycles. The average molecular weight is 450 g/mol. The molecule has 0 spiro atoms. The summed E-state index contributed by atoms with van der Waals surface area (Å²) >= 11 is 6.49. The highest BCUT2D eigenvalue weighted by Crippen LogP contribution is 2.34. The first-order chi connectivity index (χ1) is 13.8. The van der Waals surface area contributed by atoms with E-state index in [-0.39, 0.29) is 16.0 Å². The van der Waals surface area contributed by atoms with Gasteiger partial charge in [-0.15, -0.1) is 10.2 Å². The lowest BCUT2D eigenvalue weighted by Gasteiger charge is -2.28. The molecule has 0 atom stereocenters. The van der Waals surface area contributed by atoms with Gasteiger partial charge in [-0.05, 0) is 36.4 Å². The Morgan fingerprint density at radius 1 is 1.14 bits per heavy atom. The Hall–Kier alpha value is -3.02. The van der Waals surface area contributed by atoms with Gasteiger partial charge in [-0.1, -0.05) is 35.1 Å². The number of nitrogens with one attached hydrogen (secondary N) is 2. The summed E-state index contributed by atoms with van der Waals surface area (Å²) in [5.41, 5.74) is 1.04. The summed E-state index contributed by atoms with van der Waals surface area (Å²) < 4.78 is 26.7. The van der Waals surface area contributed by atoms with Gasteiger partial charge < -0.3 is 5.32 Å². The zero-order valence-electron chi connectivity index (χ0n) is 14.5. The van der Waals surface area contributed by atoms with Gasteiger partial charge >= 0.3 is 0 Å². The Bertz CT molecular complexity index is 1210. The predicted octanol–water partition coefficient (Wildman–Crippen LogP) is 2.59. The number of fused-ring (bicyclic) bond motifs is 1. The van der Waals surface area contributed by atoms with Gasteiger partial charge in [0.05, 0.1) is 11.4 Å². The largest absolute Gasteiger partial charge is 0.323 e. The van der Waals surface area contributed by atoms with Crippen molar-refractivity contribution in [3.8, 4) is 0 Å². The second kappa shape index (κ2) is 7.43. The molecular formula is C17H12ClN5O4S2. The van der Waals surface area contributed by atoms with E-state index in [1.165, 1.54) is 12.1 Å². The van der Waals surface area contributed by atoms with E-state index in [2.05, 4.69) is 20.8 Å². The van der Waals surface area contributed by atoms with Crippen molar-refractivity contribution in [3.05, 3.63) is 59.1 Å². The summed E-state index contributed by atoms with van der Waals surface area (Å²) in [6.45, 7) is -0.384. The van der Waals surface area contributed by atoms with Crippen LogP contribution < -0.4 is 14.9 Å². The van der Waals surface area contributed by atoms with Gasteiger partial charge in [0.2, 0.25) is 11.0 Å². The van der Waals surface area contributed by atoms with Gasteiger partial charge in [0, 0.05) is 10.6 Å². The summed E-state index contributed by atoms with van der Waals surface area (Å²) in [7, 11) is -4.14. The molecule has 12 heteroatoms. The molecular weight excluding hydrogens is 438 g/mol. The number of hydrogen-bond acceptors (Lipinski definition) is 7. The highest BCUT2D eigenvalue weighted by Gasteiger charge is 2.35. The fraction of sp³-hybridized carbons (Fsp3) is 0.0588. The van der Waals surface area contributed by atoms with Crippen LogP contribution in [0.25, 0.3) is 0 Å². The van der Waals surface area contributed by atoms with Crippen molar-refractivity contribution in [1.82, 2.24) is 10.2 Å². The molecule has 0 unspecified atom stereocenters. The van der Waals surface area contributed by atoms with Crippen LogP contribution >= 0.6 is 22.9 Å². The molecule has 1 aromatic heterocycles. The molecule has 2 N–H and O–H groups in total. The van der Waals surface area contributed by atoms with Crippen LogP contribution in [0.2, 0.25) is 5.02 Å². The number of sulfonamides is 1. The smallest absolute Gasteiger partial charge is 0.294 e. The Morgan fingerprint density at radius 3 is 2.62 bits per heavy atom. The molecule has 0 aliphatic carbocycles. The maximum Gasteiger partial charge on any atom is 0.294 e. The summed E-state index contributed by atoms with van der Waals surface area (Å²) in [5.74, 6) is -0.947. The van der Waals surface area contributed by atoms with E-state index in [1.54, 1.807) is 36.4 Å². The van der Waals surface area contributed by atoms with Gasteiger partial charge in [0.15, 0.2) is 0 Å². The fourth-order valence-electron chi connectivity index (χ4n) is 2.65. The van der Waals surface area contributed by atoms with Crippen LogP contribution in [-0.2, 0) is 14.8 Å². The SMILES string of the molecule is O=C1CN(S(=O)(=O)c2nnc(NC(=O)c3ccc(Cl)cc3)s2)c2ccccc2N1. The lowest BCUT2D eigenvalue weighted by molar-refractivity contribution is -0.115. The van der Waals surface area contributed by atoms with Crippen LogP contribution in [0.4, 0.5) is 16.5 Å². The van der Waals surface area contributed by atoms with E-state index < -0.39 is 21.8 Å². The monoisotopic (exact) mass is 449 g/mol. The third kappa shape index (κ3) is 3.79. The lowest BCUT2D eigenvalue weighted by Crippen LogP contribution is -2.42. The number of carbonyl (C=O) groups is 2. The van der Waals surface area contributed by atoms with Crippen molar-refractivity contribution in [1.29, 1.82) is 0 Å². The Balaban J connectivity index is 1.60. The minimum absolute atomic E-state index is 0.0123.